The number of carbonyl (C=O) groups excluding carboxylic acids is 1. The number of amides is 1. The van der Waals surface area contributed by atoms with Gasteiger partial charge in [0.15, 0.2) is 0 Å². The third kappa shape index (κ3) is 3.74. The van der Waals surface area contributed by atoms with Gasteiger partial charge in [-0.15, -0.1) is 0 Å². The van der Waals surface area contributed by atoms with Gasteiger partial charge in [0.25, 0.3) is 0 Å². The van der Waals surface area contributed by atoms with Crippen molar-refractivity contribution in [3.8, 4) is 5.75 Å². The number of aromatic nitrogens is 1. The number of para-hydroxylation sites is 1. The third-order valence-electron chi connectivity index (χ3n) is 4.25. The van der Waals surface area contributed by atoms with Gasteiger partial charge < -0.3 is 14.5 Å². The summed E-state index contributed by atoms with van der Waals surface area (Å²) >= 11 is 0. The van der Waals surface area contributed by atoms with Crippen molar-refractivity contribution in [2.24, 2.45) is 0 Å². The Labute approximate surface area is 142 Å². The van der Waals surface area contributed by atoms with E-state index in [1.165, 1.54) is 0 Å². The minimum atomic E-state index is -0.217. The van der Waals surface area contributed by atoms with Gasteiger partial charge in [-0.1, -0.05) is 18.2 Å². The lowest BCUT2D eigenvalue weighted by atomic mass is 9.99. The molecule has 0 radical (unpaired) electrons. The van der Waals surface area contributed by atoms with Crippen LogP contribution in [0.1, 0.15) is 17.0 Å². The molecule has 3 rings (SSSR count). The summed E-state index contributed by atoms with van der Waals surface area (Å²) in [6.07, 6.45) is 3.52. The van der Waals surface area contributed by atoms with Crippen LogP contribution in [0.3, 0.4) is 0 Å². The molecule has 0 fully saturated rings. The van der Waals surface area contributed by atoms with Crippen molar-refractivity contribution in [2.45, 2.75) is 12.5 Å². The van der Waals surface area contributed by atoms with Gasteiger partial charge in [0.2, 0.25) is 5.91 Å². The molecular weight excluding hydrogens is 302 g/mol. The van der Waals surface area contributed by atoms with Crippen LogP contribution in [0.15, 0.2) is 48.8 Å². The van der Waals surface area contributed by atoms with E-state index in [0.717, 1.165) is 23.4 Å². The number of fused-ring (bicyclic) bond motifs is 1. The zero-order valence-corrected chi connectivity index (χ0v) is 14.2. The van der Waals surface area contributed by atoms with E-state index in [1.807, 2.05) is 55.4 Å². The standard InChI is InChI=1S/C19H23N3O2/c1-21(2)11-12-22(13-15-7-9-20-10-8-15)19(23)17-14-24-18-6-4-3-5-16(17)18/h3-10,17H,11-14H2,1-2H3. The predicted octanol–water partition coefficient (Wildman–Crippen LogP) is 2.15. The van der Waals surface area contributed by atoms with Gasteiger partial charge in [0, 0.05) is 37.6 Å². The van der Waals surface area contributed by atoms with E-state index in [1.54, 1.807) is 12.4 Å². The lowest BCUT2D eigenvalue weighted by molar-refractivity contribution is -0.133. The Morgan fingerprint density at radius 3 is 2.67 bits per heavy atom. The molecule has 1 atom stereocenters. The molecule has 1 aliphatic heterocycles. The second kappa shape index (κ2) is 7.45. The van der Waals surface area contributed by atoms with Crippen LogP contribution in [-0.4, -0.2) is 54.5 Å². The zero-order valence-electron chi connectivity index (χ0n) is 14.2. The fraction of sp³-hybridized carbons (Fsp3) is 0.368. The number of rotatable bonds is 6. The third-order valence-corrected chi connectivity index (χ3v) is 4.25. The first kappa shape index (κ1) is 16.5. The first-order chi connectivity index (χ1) is 11.6. The quantitative estimate of drug-likeness (QED) is 0.816. The Balaban J connectivity index is 1.78. The molecule has 0 saturated carbocycles. The molecule has 0 bridgehead atoms. The molecule has 2 heterocycles. The summed E-state index contributed by atoms with van der Waals surface area (Å²) in [6, 6.07) is 11.7. The van der Waals surface area contributed by atoms with Crippen LogP contribution >= 0.6 is 0 Å². The Morgan fingerprint density at radius 1 is 1.17 bits per heavy atom. The number of hydrogen-bond donors (Lipinski definition) is 0. The Hall–Kier alpha value is -2.40. The molecule has 126 valence electrons. The van der Waals surface area contributed by atoms with Gasteiger partial charge in [-0.2, -0.15) is 0 Å². The van der Waals surface area contributed by atoms with Crippen molar-refractivity contribution >= 4 is 5.91 Å². The molecule has 1 amide bonds. The largest absolute Gasteiger partial charge is 0.492 e. The van der Waals surface area contributed by atoms with E-state index in [0.29, 0.717) is 19.7 Å². The van der Waals surface area contributed by atoms with Crippen LogP contribution in [0.25, 0.3) is 0 Å². The van der Waals surface area contributed by atoms with Crippen LogP contribution in [0.2, 0.25) is 0 Å². The second-order valence-corrected chi connectivity index (χ2v) is 6.32. The van der Waals surface area contributed by atoms with Gasteiger partial charge in [-0.3, -0.25) is 9.78 Å². The maximum absolute atomic E-state index is 13.1. The molecule has 0 saturated heterocycles. The SMILES string of the molecule is CN(C)CCN(Cc1ccncc1)C(=O)C1COc2ccccc21. The van der Waals surface area contributed by atoms with Gasteiger partial charge in [0.1, 0.15) is 18.3 Å². The van der Waals surface area contributed by atoms with Crippen molar-refractivity contribution in [2.75, 3.05) is 33.8 Å². The highest BCUT2D eigenvalue weighted by Gasteiger charge is 2.33. The number of benzene rings is 1. The molecular formula is C19H23N3O2. The molecule has 1 aromatic carbocycles. The van der Waals surface area contributed by atoms with E-state index in [9.17, 15) is 4.79 Å². The number of likely N-dealkylation sites (N-methyl/N-ethyl adjacent to an activating group) is 1. The summed E-state index contributed by atoms with van der Waals surface area (Å²) in [5.41, 5.74) is 2.08. The Kier molecular flexibility index (Phi) is 5.11. The van der Waals surface area contributed by atoms with Gasteiger partial charge >= 0.3 is 0 Å². The summed E-state index contributed by atoms with van der Waals surface area (Å²) in [4.78, 5) is 21.2. The summed E-state index contributed by atoms with van der Waals surface area (Å²) in [6.45, 7) is 2.53. The Morgan fingerprint density at radius 2 is 1.92 bits per heavy atom. The summed E-state index contributed by atoms with van der Waals surface area (Å²) in [5.74, 6) is 0.733. The normalized spacial score (nSPS) is 15.9. The van der Waals surface area contributed by atoms with Crippen molar-refractivity contribution in [3.63, 3.8) is 0 Å². The molecule has 1 aliphatic rings. The monoisotopic (exact) mass is 325 g/mol. The van der Waals surface area contributed by atoms with E-state index >= 15 is 0 Å². The summed E-state index contributed by atoms with van der Waals surface area (Å²) in [7, 11) is 4.03. The fourth-order valence-electron chi connectivity index (χ4n) is 2.88. The van der Waals surface area contributed by atoms with E-state index < -0.39 is 0 Å². The number of hydrogen-bond acceptors (Lipinski definition) is 4. The first-order valence-corrected chi connectivity index (χ1v) is 8.19. The van der Waals surface area contributed by atoms with Crippen molar-refractivity contribution in [1.82, 2.24) is 14.8 Å². The van der Waals surface area contributed by atoms with Crippen molar-refractivity contribution < 1.29 is 9.53 Å². The minimum absolute atomic E-state index is 0.124. The van der Waals surface area contributed by atoms with Gasteiger partial charge in [0.05, 0.1) is 0 Å². The molecule has 0 aliphatic carbocycles. The first-order valence-electron chi connectivity index (χ1n) is 8.19. The number of ether oxygens (including phenoxy) is 1. The van der Waals surface area contributed by atoms with Gasteiger partial charge in [-0.05, 0) is 37.9 Å². The minimum Gasteiger partial charge on any atom is -0.492 e. The van der Waals surface area contributed by atoms with Gasteiger partial charge in [-0.25, -0.2) is 0 Å². The highest BCUT2D eigenvalue weighted by molar-refractivity contribution is 5.85. The molecule has 1 aromatic heterocycles. The summed E-state index contributed by atoms with van der Waals surface area (Å²) < 4.78 is 5.69. The maximum atomic E-state index is 13.1. The topological polar surface area (TPSA) is 45.7 Å². The molecule has 0 spiro atoms. The van der Waals surface area contributed by atoms with Crippen LogP contribution in [0.4, 0.5) is 0 Å². The Bertz CT molecular complexity index is 688. The van der Waals surface area contributed by atoms with E-state index in [4.69, 9.17) is 4.74 Å². The van der Waals surface area contributed by atoms with Crippen LogP contribution in [-0.2, 0) is 11.3 Å². The van der Waals surface area contributed by atoms with Crippen molar-refractivity contribution in [1.29, 1.82) is 0 Å². The molecule has 2 aromatic rings. The van der Waals surface area contributed by atoms with E-state index in [2.05, 4.69) is 9.88 Å². The number of nitrogens with zero attached hydrogens (tertiary/aromatic N) is 3. The number of carbonyl (C=O) groups is 1. The van der Waals surface area contributed by atoms with Crippen molar-refractivity contribution in [3.05, 3.63) is 59.9 Å². The molecule has 5 nitrogen and oxygen atoms in total. The van der Waals surface area contributed by atoms with Crippen LogP contribution < -0.4 is 4.74 Å². The van der Waals surface area contributed by atoms with E-state index in [-0.39, 0.29) is 11.8 Å². The molecule has 1 unspecified atom stereocenters. The molecule has 24 heavy (non-hydrogen) atoms. The fourth-order valence-corrected chi connectivity index (χ4v) is 2.88. The average molecular weight is 325 g/mol. The molecule has 5 heteroatoms. The zero-order chi connectivity index (χ0) is 16.9. The molecule has 0 N–H and O–H groups in total. The second-order valence-electron chi connectivity index (χ2n) is 6.32. The average Bonchev–Trinajstić information content (AvgIpc) is 3.03. The lowest BCUT2D eigenvalue weighted by Gasteiger charge is -2.27. The smallest absolute Gasteiger partial charge is 0.234 e. The maximum Gasteiger partial charge on any atom is 0.234 e. The lowest BCUT2D eigenvalue weighted by Crippen LogP contribution is -2.39. The highest BCUT2D eigenvalue weighted by atomic mass is 16.5. The predicted molar refractivity (Wildman–Crippen MR) is 92.9 cm³/mol. The number of pyridine rings is 1. The van der Waals surface area contributed by atoms with Crippen LogP contribution in [0, 0.1) is 0 Å². The van der Waals surface area contributed by atoms with Crippen LogP contribution in [0.5, 0.6) is 5.75 Å². The summed E-state index contributed by atoms with van der Waals surface area (Å²) in [5, 5.41) is 0. The highest BCUT2D eigenvalue weighted by Crippen LogP contribution is 2.34.